The van der Waals surface area contributed by atoms with Gasteiger partial charge in [0.2, 0.25) is 12.6 Å². The van der Waals surface area contributed by atoms with Crippen molar-refractivity contribution in [3.63, 3.8) is 0 Å². The first-order chi connectivity index (χ1) is 19.3. The summed E-state index contributed by atoms with van der Waals surface area (Å²) in [6, 6.07) is 0. The maximum Gasteiger partial charge on any atom is 2.00 e. The van der Waals surface area contributed by atoms with Crippen molar-refractivity contribution in [1.29, 1.82) is 0 Å². The van der Waals surface area contributed by atoms with Crippen molar-refractivity contribution in [2.24, 2.45) is 0 Å². The molecule has 2 unspecified atom stereocenters. The Kier molecular flexibility index (Phi) is 88.1. The zero-order chi connectivity index (χ0) is 31.3. The summed E-state index contributed by atoms with van der Waals surface area (Å²) in [7, 11) is 3.06. The summed E-state index contributed by atoms with van der Waals surface area (Å²) in [5, 5.41) is 0. The Bertz CT molecular complexity index is 446. The van der Waals surface area contributed by atoms with E-state index in [-0.39, 0.29) is 86.7 Å². The summed E-state index contributed by atoms with van der Waals surface area (Å²) < 4.78 is 19.8. The third-order valence-corrected chi connectivity index (χ3v) is 5.83. The minimum absolute atomic E-state index is 0. The molecule has 0 N–H and O–H groups in total. The number of hydrogen-bond acceptors (Lipinski definition) is 8. The first-order valence-electron chi connectivity index (χ1n) is 15.5. The van der Waals surface area contributed by atoms with Gasteiger partial charge in [0, 0.05) is 63.8 Å². The molecule has 2 atom stereocenters. The van der Waals surface area contributed by atoms with Gasteiger partial charge >= 0.3 is 35.8 Å². The van der Waals surface area contributed by atoms with Gasteiger partial charge in [-0.15, -0.1) is 0 Å². The molecule has 8 radical (unpaired) electrons. The monoisotopic (exact) mass is 916 g/mol. The van der Waals surface area contributed by atoms with Crippen LogP contribution in [0.2, 0.25) is 0 Å². The van der Waals surface area contributed by atoms with Crippen LogP contribution in [0.25, 0.3) is 0 Å². The van der Waals surface area contributed by atoms with E-state index in [4.69, 9.17) is 18.9 Å². The molecule has 0 aromatic rings. The normalized spacial score (nSPS) is 10.4. The second kappa shape index (κ2) is 60.2. The van der Waals surface area contributed by atoms with Crippen LogP contribution in [0.1, 0.15) is 143 Å². The van der Waals surface area contributed by atoms with Crippen LogP contribution in [0, 0.1) is 13.8 Å². The second-order valence-electron chi connectivity index (χ2n) is 9.33. The Labute approximate surface area is 333 Å². The second-order valence-corrected chi connectivity index (χ2v) is 10.1. The van der Waals surface area contributed by atoms with Crippen molar-refractivity contribution in [2.45, 2.75) is 156 Å². The number of methoxy groups -OCH3 is 2. The van der Waals surface area contributed by atoms with E-state index in [1.54, 1.807) is 0 Å². The molecule has 0 saturated carbocycles. The molecule has 0 heterocycles. The number of ether oxygens (including phenoxy) is 4. The average molecular weight is 915 g/mol. The van der Waals surface area contributed by atoms with Gasteiger partial charge in [-0.1, -0.05) is 131 Å². The van der Waals surface area contributed by atoms with Crippen LogP contribution in [0.15, 0.2) is 0 Å². The number of hydrogen-bond donors (Lipinski definition) is 0. The third kappa shape index (κ3) is 62.7. The zero-order valence-electron chi connectivity index (χ0n) is 29.0. The fourth-order valence-corrected chi connectivity index (χ4v) is 3.39. The molecule has 44 heavy (non-hydrogen) atoms. The van der Waals surface area contributed by atoms with Crippen molar-refractivity contribution >= 4 is 112 Å². The molecule has 12 heteroatoms. The fourth-order valence-electron chi connectivity index (χ4n) is 3.06. The van der Waals surface area contributed by atoms with Crippen molar-refractivity contribution < 1.29 is 28.5 Å². The van der Waals surface area contributed by atoms with Crippen LogP contribution in [-0.2, 0) is 53.8 Å². The van der Waals surface area contributed by atoms with Crippen molar-refractivity contribution in [2.75, 3.05) is 25.7 Å². The number of carbonyl (C=O) groups is 2. The van der Waals surface area contributed by atoms with E-state index >= 15 is 0 Å². The largest absolute Gasteiger partial charge is 2.00 e. The average Bonchev–Trinajstić information content (AvgIpc) is 2.94. The molecule has 0 spiro atoms. The third-order valence-electron chi connectivity index (χ3n) is 5.42. The van der Waals surface area contributed by atoms with E-state index < -0.39 is 12.6 Å². The predicted molar refractivity (Wildman–Crippen MR) is 207 cm³/mol. The van der Waals surface area contributed by atoms with E-state index in [1.165, 1.54) is 78.4 Å². The standard InChI is InChI=1S/2C8H16O3S.2C8H17.2H2S.2Sn/c2*1-3-4-8(10-2)11-7(9)5-6-12;2*1-3-5-7-8-6-4-2;;;;/h2*8,12H,3-6H2,1-2H3;2*1,3-8H2,2H3;2*1H2;;/q;;;;;;;+2/p-2. The molecule has 0 saturated heterocycles. The van der Waals surface area contributed by atoms with Crippen LogP contribution in [0.3, 0.4) is 0 Å². The number of rotatable bonds is 22. The van der Waals surface area contributed by atoms with Gasteiger partial charge in [0.05, 0.1) is 0 Å². The fraction of sp³-hybridized carbons (Fsp3) is 0.875. The quantitative estimate of drug-likeness (QED) is 0.0354. The molecule has 0 aliphatic heterocycles. The SMILES string of the molecule is CCCC(OC)OC(=O)CC[S-].CCCC(OC)OC(=O)CC[S-].S.S.[CH2]CCCCCCC.[CH2]CCCCCCC.[Sn+2].[Sn]. The maximum absolute atomic E-state index is 10.9. The van der Waals surface area contributed by atoms with Crippen LogP contribution in [-0.4, -0.2) is 98.1 Å². The van der Waals surface area contributed by atoms with E-state index in [0.29, 0.717) is 24.3 Å². The van der Waals surface area contributed by atoms with Crippen molar-refractivity contribution in [3.8, 4) is 0 Å². The smallest absolute Gasteiger partial charge is 0.792 e. The van der Waals surface area contributed by atoms with Gasteiger partial charge < -0.3 is 44.2 Å². The van der Waals surface area contributed by atoms with Gasteiger partial charge in [-0.05, 0) is 0 Å². The first kappa shape index (κ1) is 64.4. The summed E-state index contributed by atoms with van der Waals surface area (Å²) in [6.45, 7) is 16.1. The van der Waals surface area contributed by atoms with E-state index in [0.717, 1.165) is 38.5 Å². The van der Waals surface area contributed by atoms with E-state index in [1.807, 2.05) is 13.8 Å². The Hall–Kier alpha value is 1.86. The van der Waals surface area contributed by atoms with Crippen molar-refractivity contribution in [1.82, 2.24) is 0 Å². The topological polar surface area (TPSA) is 71.1 Å². The molecule has 0 fully saturated rings. The number of carbonyl (C=O) groups excluding carboxylic acids is 2. The minimum Gasteiger partial charge on any atom is -0.792 e. The summed E-state index contributed by atoms with van der Waals surface area (Å²) in [5.41, 5.74) is 0. The molecule has 0 amide bonds. The van der Waals surface area contributed by atoms with Gasteiger partial charge in [-0.25, -0.2) is 0 Å². The molecule has 0 aromatic carbocycles. The molecule has 264 valence electrons. The summed E-state index contributed by atoms with van der Waals surface area (Å²) in [5.74, 6) is 0.263. The van der Waals surface area contributed by atoms with Gasteiger partial charge in [0.1, 0.15) is 0 Å². The summed E-state index contributed by atoms with van der Waals surface area (Å²) in [6.07, 6.45) is 19.1. The van der Waals surface area contributed by atoms with Gasteiger partial charge in [-0.3, -0.25) is 9.59 Å². The predicted octanol–water partition coefficient (Wildman–Crippen LogP) is 8.30. The molecule has 0 aliphatic carbocycles. The van der Waals surface area contributed by atoms with Crippen molar-refractivity contribution in [3.05, 3.63) is 13.8 Å². The molecule has 0 rings (SSSR count). The molecular weight excluding hydrogens is 846 g/mol. The number of unbranched alkanes of at least 4 members (excludes halogenated alkanes) is 10. The zero-order valence-corrected chi connectivity index (χ0v) is 38.3. The van der Waals surface area contributed by atoms with Gasteiger partial charge in [-0.2, -0.15) is 38.5 Å². The molecule has 0 aromatic heterocycles. The Balaban J connectivity index is -0.0000000646. The maximum atomic E-state index is 10.9. The van der Waals surface area contributed by atoms with Gasteiger partial charge in [0.25, 0.3) is 0 Å². The minimum atomic E-state index is -0.399. The molecule has 6 nitrogen and oxygen atoms in total. The van der Waals surface area contributed by atoms with Crippen LogP contribution < -0.4 is 0 Å². The summed E-state index contributed by atoms with van der Waals surface area (Å²) in [4.78, 5) is 21.8. The molecule has 0 aliphatic rings. The van der Waals surface area contributed by atoms with Crippen LogP contribution >= 0.6 is 27.0 Å². The first-order valence-corrected chi connectivity index (χ1v) is 16.7. The Morgan fingerprint density at radius 3 is 1.09 bits per heavy atom. The Morgan fingerprint density at radius 1 is 0.591 bits per heavy atom. The van der Waals surface area contributed by atoms with E-state index in [9.17, 15) is 9.59 Å². The number of esters is 2. The Morgan fingerprint density at radius 2 is 0.886 bits per heavy atom. The van der Waals surface area contributed by atoms with Crippen LogP contribution in [0.5, 0.6) is 0 Å². The summed E-state index contributed by atoms with van der Waals surface area (Å²) >= 11 is 9.28. The van der Waals surface area contributed by atoms with Gasteiger partial charge in [0.15, 0.2) is 0 Å². The van der Waals surface area contributed by atoms with E-state index in [2.05, 4.69) is 53.0 Å². The molecule has 0 bridgehead atoms. The van der Waals surface area contributed by atoms with Crippen LogP contribution in [0.4, 0.5) is 0 Å². The molecular formula is C32H68O6S4Sn2.